The van der Waals surface area contributed by atoms with Crippen molar-refractivity contribution in [3.05, 3.63) is 53.3 Å². The lowest BCUT2D eigenvalue weighted by molar-refractivity contribution is 0.601. The van der Waals surface area contributed by atoms with Gasteiger partial charge in [-0.25, -0.2) is 8.42 Å². The molecule has 94 valence electrons. The van der Waals surface area contributed by atoms with Crippen LogP contribution >= 0.6 is 11.6 Å². The van der Waals surface area contributed by atoms with Crippen molar-refractivity contribution in [3.8, 4) is 0 Å². The van der Waals surface area contributed by atoms with E-state index in [0.717, 1.165) is 5.56 Å². The number of sulfonamides is 1. The van der Waals surface area contributed by atoms with Crippen LogP contribution in [0.4, 0.5) is 5.69 Å². The minimum atomic E-state index is -3.63. The number of rotatable bonds is 3. The van der Waals surface area contributed by atoms with Crippen molar-refractivity contribution in [1.29, 1.82) is 0 Å². The first-order valence-electron chi connectivity index (χ1n) is 5.18. The number of hydrogen-bond acceptors (Lipinski definition) is 3. The largest absolute Gasteiger partial charge is 0.278 e. The molecule has 1 N–H and O–H groups in total. The number of halogens is 1. The molecule has 0 saturated carbocycles. The number of aryl methyl sites for hydroxylation is 1. The highest BCUT2D eigenvalue weighted by Crippen LogP contribution is 2.20. The lowest BCUT2D eigenvalue weighted by atomic mass is 10.3. The highest BCUT2D eigenvalue weighted by Gasteiger charge is 2.15. The third kappa shape index (κ3) is 2.80. The average molecular weight is 283 g/mol. The predicted molar refractivity (Wildman–Crippen MR) is 71.2 cm³/mol. The number of aromatic nitrogens is 1. The van der Waals surface area contributed by atoms with Gasteiger partial charge in [-0.05, 0) is 36.8 Å². The second-order valence-corrected chi connectivity index (χ2v) is 5.87. The van der Waals surface area contributed by atoms with Gasteiger partial charge in [0.2, 0.25) is 0 Å². The Morgan fingerprint density at radius 2 is 2.06 bits per heavy atom. The number of nitrogens with zero attached hydrogens (tertiary/aromatic N) is 1. The van der Waals surface area contributed by atoms with Crippen molar-refractivity contribution < 1.29 is 8.42 Å². The van der Waals surface area contributed by atoms with Crippen molar-refractivity contribution in [1.82, 2.24) is 4.98 Å². The molecule has 0 aliphatic rings. The lowest BCUT2D eigenvalue weighted by Crippen LogP contribution is -2.13. The Hall–Kier alpha value is -1.59. The van der Waals surface area contributed by atoms with Crippen LogP contribution in [0.3, 0.4) is 0 Å². The SMILES string of the molecule is Cc1ccncc1NS(=O)(=O)c1cccc(Cl)c1. The Kier molecular flexibility index (Phi) is 3.54. The third-order valence-electron chi connectivity index (χ3n) is 2.39. The van der Waals surface area contributed by atoms with Gasteiger partial charge in [-0.1, -0.05) is 17.7 Å². The molecule has 0 unspecified atom stereocenters. The highest BCUT2D eigenvalue weighted by atomic mass is 35.5. The van der Waals surface area contributed by atoms with Crippen LogP contribution in [0.25, 0.3) is 0 Å². The van der Waals surface area contributed by atoms with Gasteiger partial charge in [0.25, 0.3) is 10.0 Å². The van der Waals surface area contributed by atoms with Gasteiger partial charge in [0.15, 0.2) is 0 Å². The van der Waals surface area contributed by atoms with Gasteiger partial charge in [-0.3, -0.25) is 9.71 Å². The fourth-order valence-electron chi connectivity index (χ4n) is 1.41. The summed E-state index contributed by atoms with van der Waals surface area (Å²) in [4.78, 5) is 4.01. The van der Waals surface area contributed by atoms with Crippen LogP contribution in [0.5, 0.6) is 0 Å². The van der Waals surface area contributed by atoms with E-state index in [1.165, 1.54) is 18.3 Å². The molecule has 0 radical (unpaired) electrons. The molecule has 1 aromatic heterocycles. The molecule has 0 amide bonds. The van der Waals surface area contributed by atoms with Crippen molar-refractivity contribution in [2.75, 3.05) is 4.72 Å². The first-order valence-corrected chi connectivity index (χ1v) is 7.04. The summed E-state index contributed by atoms with van der Waals surface area (Å²) in [6, 6.07) is 7.83. The Morgan fingerprint density at radius 1 is 1.28 bits per heavy atom. The Labute approximate surface area is 111 Å². The minimum Gasteiger partial charge on any atom is -0.278 e. The van der Waals surface area contributed by atoms with Crippen molar-refractivity contribution in [2.45, 2.75) is 11.8 Å². The molecule has 18 heavy (non-hydrogen) atoms. The van der Waals surface area contributed by atoms with E-state index in [1.807, 2.05) is 0 Å². The average Bonchev–Trinajstić information content (AvgIpc) is 2.32. The summed E-state index contributed by atoms with van der Waals surface area (Å²) in [7, 11) is -3.63. The van der Waals surface area contributed by atoms with E-state index >= 15 is 0 Å². The first-order chi connectivity index (χ1) is 8.49. The second-order valence-electron chi connectivity index (χ2n) is 3.75. The van der Waals surface area contributed by atoms with Crippen molar-refractivity contribution in [2.24, 2.45) is 0 Å². The van der Waals surface area contributed by atoms with E-state index in [1.54, 1.807) is 31.3 Å². The molecule has 0 aliphatic carbocycles. The summed E-state index contributed by atoms with van der Waals surface area (Å²) in [5, 5.41) is 0.376. The maximum Gasteiger partial charge on any atom is 0.262 e. The molecule has 1 aromatic carbocycles. The summed E-state index contributed by atoms with van der Waals surface area (Å²) < 4.78 is 26.7. The molecule has 0 bridgehead atoms. The zero-order chi connectivity index (χ0) is 13.2. The standard InChI is InChI=1S/C12H11ClN2O2S/c1-9-5-6-14-8-12(9)15-18(16,17)11-4-2-3-10(13)7-11/h2-8,15H,1H3. The summed E-state index contributed by atoms with van der Waals surface area (Å²) in [6.07, 6.45) is 3.07. The van der Waals surface area contributed by atoms with E-state index in [2.05, 4.69) is 9.71 Å². The number of nitrogens with one attached hydrogen (secondary N) is 1. The number of hydrogen-bond donors (Lipinski definition) is 1. The summed E-state index contributed by atoms with van der Waals surface area (Å²) in [5.41, 5.74) is 1.26. The Bertz CT molecular complexity index is 671. The normalized spacial score (nSPS) is 11.2. The quantitative estimate of drug-likeness (QED) is 0.942. The molecule has 4 nitrogen and oxygen atoms in total. The van der Waals surface area contributed by atoms with Gasteiger partial charge in [-0.15, -0.1) is 0 Å². The van der Waals surface area contributed by atoms with Gasteiger partial charge in [-0.2, -0.15) is 0 Å². The number of pyridine rings is 1. The van der Waals surface area contributed by atoms with Crippen molar-refractivity contribution >= 4 is 27.3 Å². The number of anilines is 1. The Morgan fingerprint density at radius 3 is 2.72 bits per heavy atom. The van der Waals surface area contributed by atoms with Gasteiger partial charge in [0, 0.05) is 11.2 Å². The minimum absolute atomic E-state index is 0.123. The molecule has 1 heterocycles. The topological polar surface area (TPSA) is 59.1 Å². The molecule has 0 aliphatic heterocycles. The van der Waals surface area contributed by atoms with E-state index in [0.29, 0.717) is 10.7 Å². The second kappa shape index (κ2) is 4.96. The van der Waals surface area contributed by atoms with Crippen LogP contribution in [0, 0.1) is 6.92 Å². The first kappa shape index (κ1) is 12.9. The zero-order valence-electron chi connectivity index (χ0n) is 9.59. The van der Waals surface area contributed by atoms with Crippen molar-refractivity contribution in [3.63, 3.8) is 0 Å². The maximum absolute atomic E-state index is 12.1. The monoisotopic (exact) mass is 282 g/mol. The lowest BCUT2D eigenvalue weighted by Gasteiger charge is -2.09. The number of benzene rings is 1. The van der Waals surface area contributed by atoms with Crippen LogP contribution in [-0.2, 0) is 10.0 Å². The van der Waals surface area contributed by atoms with E-state index in [9.17, 15) is 8.42 Å². The third-order valence-corrected chi connectivity index (χ3v) is 3.99. The molecule has 0 fully saturated rings. The van der Waals surface area contributed by atoms with Gasteiger partial charge < -0.3 is 0 Å². The van der Waals surface area contributed by atoms with Gasteiger partial charge in [0.05, 0.1) is 16.8 Å². The summed E-state index contributed by atoms with van der Waals surface area (Å²) >= 11 is 5.78. The maximum atomic E-state index is 12.1. The van der Waals surface area contributed by atoms with Crippen LogP contribution in [0.1, 0.15) is 5.56 Å². The predicted octanol–water partition coefficient (Wildman–Crippen LogP) is 2.84. The zero-order valence-corrected chi connectivity index (χ0v) is 11.2. The molecule has 2 aromatic rings. The summed E-state index contributed by atoms with van der Waals surface area (Å²) in [6.45, 7) is 1.80. The van der Waals surface area contributed by atoms with Gasteiger partial charge in [0.1, 0.15) is 0 Å². The molecule has 0 spiro atoms. The van der Waals surface area contributed by atoms with E-state index < -0.39 is 10.0 Å². The molecule has 2 rings (SSSR count). The van der Waals surface area contributed by atoms with Gasteiger partial charge >= 0.3 is 0 Å². The molecular formula is C12H11ClN2O2S. The highest BCUT2D eigenvalue weighted by molar-refractivity contribution is 7.92. The fraction of sp³-hybridized carbons (Fsp3) is 0.0833. The fourth-order valence-corrected chi connectivity index (χ4v) is 2.82. The molecule has 0 saturated heterocycles. The molecular weight excluding hydrogens is 272 g/mol. The molecule has 0 atom stereocenters. The van der Waals surface area contributed by atoms with Crippen LogP contribution < -0.4 is 4.72 Å². The summed E-state index contributed by atoms with van der Waals surface area (Å²) in [5.74, 6) is 0. The van der Waals surface area contributed by atoms with E-state index in [4.69, 9.17) is 11.6 Å². The van der Waals surface area contributed by atoms with E-state index in [-0.39, 0.29) is 4.90 Å². The van der Waals surface area contributed by atoms with Crippen LogP contribution in [-0.4, -0.2) is 13.4 Å². The smallest absolute Gasteiger partial charge is 0.262 e. The van der Waals surface area contributed by atoms with Crippen LogP contribution in [0.2, 0.25) is 5.02 Å². The Balaban J connectivity index is 2.37. The van der Waals surface area contributed by atoms with Crippen LogP contribution in [0.15, 0.2) is 47.6 Å². The molecule has 6 heteroatoms.